The Kier molecular flexibility index (Phi) is 5.73. The molecule has 0 aromatic heterocycles. The highest BCUT2D eigenvalue weighted by molar-refractivity contribution is 6.01. The maximum Gasteiger partial charge on any atom is 0.320 e. The van der Waals surface area contributed by atoms with Crippen LogP contribution in [-0.2, 0) is 9.59 Å². The Hall–Kier alpha value is -1.85. The Labute approximate surface area is 119 Å². The van der Waals surface area contributed by atoms with Crippen LogP contribution in [0.25, 0.3) is 0 Å². The summed E-state index contributed by atoms with van der Waals surface area (Å²) in [5.74, 6) is -0.673. The second kappa shape index (κ2) is 7.07. The summed E-state index contributed by atoms with van der Waals surface area (Å²) in [6.45, 7) is 3.88. The molecule has 1 rings (SSSR count). The first-order valence-electron chi connectivity index (χ1n) is 6.88. The molecule has 2 atom stereocenters. The SMILES string of the molecule is CC/C=C\C(C)N(C(=O)N(C)C)C1CCC(=O)NC1=O. The fourth-order valence-corrected chi connectivity index (χ4v) is 2.20. The highest BCUT2D eigenvalue weighted by Crippen LogP contribution is 2.18. The molecule has 1 saturated heterocycles. The molecular formula is C14H23N3O3. The summed E-state index contributed by atoms with van der Waals surface area (Å²) in [6.07, 6.45) is 5.37. The molecule has 1 fully saturated rings. The largest absolute Gasteiger partial charge is 0.331 e. The van der Waals surface area contributed by atoms with Gasteiger partial charge in [-0.2, -0.15) is 0 Å². The van der Waals surface area contributed by atoms with E-state index in [9.17, 15) is 14.4 Å². The maximum absolute atomic E-state index is 12.3. The van der Waals surface area contributed by atoms with Crippen molar-refractivity contribution in [3.8, 4) is 0 Å². The van der Waals surface area contributed by atoms with Gasteiger partial charge in [0.25, 0.3) is 0 Å². The molecule has 0 saturated carbocycles. The van der Waals surface area contributed by atoms with Crippen molar-refractivity contribution >= 4 is 17.8 Å². The van der Waals surface area contributed by atoms with Gasteiger partial charge in [0.1, 0.15) is 6.04 Å². The minimum Gasteiger partial charge on any atom is -0.331 e. The van der Waals surface area contributed by atoms with Gasteiger partial charge in [0.2, 0.25) is 11.8 Å². The predicted molar refractivity (Wildman–Crippen MR) is 76.0 cm³/mol. The molecule has 0 aromatic carbocycles. The fourth-order valence-electron chi connectivity index (χ4n) is 2.20. The lowest BCUT2D eigenvalue weighted by molar-refractivity contribution is -0.137. The molecule has 1 N–H and O–H groups in total. The summed E-state index contributed by atoms with van der Waals surface area (Å²) in [6, 6.07) is -1.03. The molecular weight excluding hydrogens is 258 g/mol. The lowest BCUT2D eigenvalue weighted by Gasteiger charge is -2.37. The molecule has 1 aliphatic heterocycles. The molecule has 0 aliphatic carbocycles. The molecule has 0 radical (unpaired) electrons. The van der Waals surface area contributed by atoms with Crippen LogP contribution >= 0.6 is 0 Å². The van der Waals surface area contributed by atoms with E-state index in [0.717, 1.165) is 6.42 Å². The monoisotopic (exact) mass is 281 g/mol. The van der Waals surface area contributed by atoms with Crippen LogP contribution in [0.3, 0.4) is 0 Å². The average molecular weight is 281 g/mol. The number of hydrogen-bond acceptors (Lipinski definition) is 3. The van der Waals surface area contributed by atoms with Crippen LogP contribution in [0.15, 0.2) is 12.2 Å². The van der Waals surface area contributed by atoms with Gasteiger partial charge in [0.15, 0.2) is 0 Å². The van der Waals surface area contributed by atoms with Crippen molar-refractivity contribution in [2.24, 2.45) is 0 Å². The molecule has 0 bridgehead atoms. The van der Waals surface area contributed by atoms with E-state index in [1.165, 1.54) is 9.80 Å². The van der Waals surface area contributed by atoms with Gasteiger partial charge in [0.05, 0.1) is 0 Å². The van der Waals surface area contributed by atoms with Gasteiger partial charge in [0, 0.05) is 26.6 Å². The molecule has 4 amide bonds. The number of rotatable bonds is 4. The van der Waals surface area contributed by atoms with E-state index in [4.69, 9.17) is 0 Å². The number of nitrogens with one attached hydrogen (secondary N) is 1. The van der Waals surface area contributed by atoms with Gasteiger partial charge in [-0.3, -0.25) is 14.9 Å². The number of piperidine rings is 1. The van der Waals surface area contributed by atoms with Crippen molar-refractivity contribution in [3.63, 3.8) is 0 Å². The Morgan fingerprint density at radius 3 is 2.60 bits per heavy atom. The van der Waals surface area contributed by atoms with Gasteiger partial charge in [-0.1, -0.05) is 19.1 Å². The zero-order valence-corrected chi connectivity index (χ0v) is 12.5. The Balaban J connectivity index is 2.98. The minimum absolute atomic E-state index is 0.200. The molecule has 0 spiro atoms. The fraction of sp³-hybridized carbons (Fsp3) is 0.643. The van der Waals surface area contributed by atoms with E-state index in [0.29, 0.717) is 6.42 Å². The summed E-state index contributed by atoms with van der Waals surface area (Å²) in [5.41, 5.74) is 0. The summed E-state index contributed by atoms with van der Waals surface area (Å²) >= 11 is 0. The Bertz CT molecular complexity index is 418. The zero-order valence-electron chi connectivity index (χ0n) is 12.5. The molecule has 1 aliphatic rings. The Morgan fingerprint density at radius 2 is 2.10 bits per heavy atom. The number of carbonyl (C=O) groups excluding carboxylic acids is 3. The van der Waals surface area contributed by atoms with Gasteiger partial charge >= 0.3 is 6.03 Å². The first kappa shape index (κ1) is 16.2. The van der Waals surface area contributed by atoms with E-state index >= 15 is 0 Å². The van der Waals surface area contributed by atoms with E-state index in [1.807, 2.05) is 26.0 Å². The van der Waals surface area contributed by atoms with Crippen molar-refractivity contribution in [3.05, 3.63) is 12.2 Å². The molecule has 112 valence electrons. The van der Waals surface area contributed by atoms with Gasteiger partial charge in [-0.05, 0) is 19.8 Å². The van der Waals surface area contributed by atoms with Crippen LogP contribution in [0.2, 0.25) is 0 Å². The first-order chi connectivity index (χ1) is 9.38. The highest BCUT2D eigenvalue weighted by atomic mass is 16.2. The average Bonchev–Trinajstić information content (AvgIpc) is 2.38. The molecule has 6 heteroatoms. The van der Waals surface area contributed by atoms with Crippen LogP contribution in [0.1, 0.15) is 33.1 Å². The molecule has 2 unspecified atom stereocenters. The topological polar surface area (TPSA) is 69.7 Å². The Morgan fingerprint density at radius 1 is 1.45 bits per heavy atom. The number of hydrogen-bond donors (Lipinski definition) is 1. The van der Waals surface area contributed by atoms with Gasteiger partial charge in [-0.15, -0.1) is 0 Å². The standard InChI is InChI=1S/C14H23N3O3/c1-5-6-7-10(2)17(14(20)16(3)4)11-8-9-12(18)15-13(11)19/h6-7,10-11H,5,8-9H2,1-4H3,(H,15,18,19)/b7-6-. The minimum atomic E-state index is -0.598. The lowest BCUT2D eigenvalue weighted by atomic mass is 10.0. The molecule has 1 heterocycles. The van der Waals surface area contributed by atoms with E-state index in [1.54, 1.807) is 14.1 Å². The van der Waals surface area contributed by atoms with Crippen molar-refractivity contribution < 1.29 is 14.4 Å². The van der Waals surface area contributed by atoms with Crippen molar-refractivity contribution in [2.45, 2.75) is 45.2 Å². The first-order valence-corrected chi connectivity index (χ1v) is 6.88. The quantitative estimate of drug-likeness (QED) is 0.620. The predicted octanol–water partition coefficient (Wildman–Crippen LogP) is 1.13. The maximum atomic E-state index is 12.3. The summed E-state index contributed by atoms with van der Waals surface area (Å²) in [5, 5.41) is 2.30. The van der Waals surface area contributed by atoms with Crippen LogP contribution in [-0.4, -0.2) is 53.8 Å². The third-order valence-electron chi connectivity index (χ3n) is 3.24. The number of allylic oxidation sites excluding steroid dienone is 1. The van der Waals surface area contributed by atoms with Crippen LogP contribution in [0.4, 0.5) is 4.79 Å². The van der Waals surface area contributed by atoms with Crippen LogP contribution in [0.5, 0.6) is 0 Å². The molecule has 6 nitrogen and oxygen atoms in total. The summed E-state index contributed by atoms with van der Waals surface area (Å²) in [7, 11) is 3.30. The van der Waals surface area contributed by atoms with Crippen molar-refractivity contribution in [2.75, 3.05) is 14.1 Å². The van der Waals surface area contributed by atoms with Gasteiger partial charge < -0.3 is 9.80 Å². The van der Waals surface area contributed by atoms with E-state index in [-0.39, 0.29) is 24.4 Å². The second-order valence-corrected chi connectivity index (χ2v) is 5.13. The van der Waals surface area contributed by atoms with Crippen LogP contribution < -0.4 is 5.32 Å². The number of carbonyl (C=O) groups is 3. The highest BCUT2D eigenvalue weighted by Gasteiger charge is 2.36. The number of urea groups is 1. The molecule has 20 heavy (non-hydrogen) atoms. The second-order valence-electron chi connectivity index (χ2n) is 5.13. The van der Waals surface area contributed by atoms with Crippen LogP contribution in [0, 0.1) is 0 Å². The number of nitrogens with zero attached hydrogens (tertiary/aromatic N) is 2. The summed E-state index contributed by atoms with van der Waals surface area (Å²) < 4.78 is 0. The summed E-state index contributed by atoms with van der Waals surface area (Å²) in [4.78, 5) is 38.5. The van der Waals surface area contributed by atoms with E-state index < -0.39 is 11.9 Å². The van der Waals surface area contributed by atoms with Crippen molar-refractivity contribution in [1.29, 1.82) is 0 Å². The smallest absolute Gasteiger partial charge is 0.320 e. The van der Waals surface area contributed by atoms with E-state index in [2.05, 4.69) is 5.32 Å². The zero-order chi connectivity index (χ0) is 15.3. The third-order valence-corrected chi connectivity index (χ3v) is 3.24. The normalized spacial score (nSPS) is 20.7. The van der Waals surface area contributed by atoms with Gasteiger partial charge in [-0.25, -0.2) is 4.79 Å². The number of amides is 4. The van der Waals surface area contributed by atoms with Crippen molar-refractivity contribution in [1.82, 2.24) is 15.1 Å². The number of imide groups is 1. The third kappa shape index (κ3) is 3.82. The molecule has 0 aromatic rings. The lowest BCUT2D eigenvalue weighted by Crippen LogP contribution is -2.58.